The number of benzene rings is 1. The number of nitrogens with two attached hydrogens (primary N) is 1. The summed E-state index contributed by atoms with van der Waals surface area (Å²) in [5.41, 5.74) is 8.68. The van der Waals surface area contributed by atoms with Crippen LogP contribution in [-0.4, -0.2) is 79.0 Å². The molecule has 5 heteroatoms. The van der Waals surface area contributed by atoms with Crippen LogP contribution in [0.5, 0.6) is 0 Å². The van der Waals surface area contributed by atoms with Crippen molar-refractivity contribution in [2.24, 2.45) is 5.73 Å². The number of likely N-dealkylation sites (tertiary alicyclic amines) is 1. The van der Waals surface area contributed by atoms with Crippen molar-refractivity contribution in [3.8, 4) is 0 Å². The third-order valence-electron chi connectivity index (χ3n) is 6.91. The van der Waals surface area contributed by atoms with Crippen LogP contribution in [0.1, 0.15) is 53.9 Å². The van der Waals surface area contributed by atoms with Gasteiger partial charge in [-0.15, -0.1) is 0 Å². The molecule has 1 aromatic carbocycles. The molecular formula is C22H34N4O. The number of likely N-dealkylation sites (N-methyl/N-ethyl adjacent to an activating group) is 1. The largest absolute Gasteiger partial charge is 0.336 e. The topological polar surface area (TPSA) is 52.8 Å². The molecule has 2 aliphatic heterocycles. The van der Waals surface area contributed by atoms with Crippen LogP contribution in [0.15, 0.2) is 24.3 Å². The summed E-state index contributed by atoms with van der Waals surface area (Å²) in [6.45, 7) is 5.72. The summed E-state index contributed by atoms with van der Waals surface area (Å²) in [6, 6.07) is 9.25. The molecule has 2 saturated heterocycles. The fourth-order valence-corrected chi connectivity index (χ4v) is 5.09. The minimum atomic E-state index is 0.162. The van der Waals surface area contributed by atoms with Gasteiger partial charge < -0.3 is 15.5 Å². The van der Waals surface area contributed by atoms with Crippen molar-refractivity contribution in [2.75, 3.05) is 46.3 Å². The summed E-state index contributed by atoms with van der Waals surface area (Å²) in [5, 5.41) is 0. The third kappa shape index (κ3) is 4.20. The number of carbonyl (C=O) groups excluding carboxylic acids is 1. The van der Waals surface area contributed by atoms with Gasteiger partial charge in [-0.25, -0.2) is 0 Å². The van der Waals surface area contributed by atoms with E-state index in [2.05, 4.69) is 29.0 Å². The molecule has 1 saturated carbocycles. The van der Waals surface area contributed by atoms with E-state index in [1.165, 1.54) is 31.2 Å². The summed E-state index contributed by atoms with van der Waals surface area (Å²) in [4.78, 5) is 19.6. The smallest absolute Gasteiger partial charge is 0.253 e. The molecule has 5 nitrogen and oxygen atoms in total. The Morgan fingerprint density at radius 1 is 0.963 bits per heavy atom. The number of hydrogen-bond acceptors (Lipinski definition) is 4. The lowest BCUT2D eigenvalue weighted by molar-refractivity contribution is 0.0664. The van der Waals surface area contributed by atoms with E-state index >= 15 is 0 Å². The van der Waals surface area contributed by atoms with Crippen molar-refractivity contribution in [3.05, 3.63) is 35.4 Å². The molecule has 2 N–H and O–H groups in total. The normalized spacial score (nSPS) is 28.6. The van der Waals surface area contributed by atoms with Crippen LogP contribution in [0.3, 0.4) is 0 Å². The summed E-state index contributed by atoms with van der Waals surface area (Å²) in [7, 11) is 2.11. The van der Waals surface area contributed by atoms with Gasteiger partial charge in [0.25, 0.3) is 5.91 Å². The van der Waals surface area contributed by atoms with E-state index < -0.39 is 0 Å². The van der Waals surface area contributed by atoms with E-state index in [-0.39, 0.29) is 11.9 Å². The highest BCUT2D eigenvalue weighted by Gasteiger charge is 2.32. The van der Waals surface area contributed by atoms with Crippen molar-refractivity contribution in [3.63, 3.8) is 0 Å². The summed E-state index contributed by atoms with van der Waals surface area (Å²) < 4.78 is 0. The van der Waals surface area contributed by atoms with Crippen LogP contribution >= 0.6 is 0 Å². The molecule has 3 fully saturated rings. The minimum Gasteiger partial charge on any atom is -0.336 e. The predicted molar refractivity (Wildman–Crippen MR) is 109 cm³/mol. The number of amides is 1. The maximum atomic E-state index is 12.7. The average Bonchev–Trinajstić information content (AvgIpc) is 3.23. The van der Waals surface area contributed by atoms with Crippen LogP contribution in [0.25, 0.3) is 0 Å². The van der Waals surface area contributed by atoms with Gasteiger partial charge in [0.05, 0.1) is 0 Å². The van der Waals surface area contributed by atoms with E-state index in [1.54, 1.807) is 0 Å². The fraction of sp³-hybridized carbons (Fsp3) is 0.682. The molecule has 0 spiro atoms. The Bertz CT molecular complexity index is 632. The SMILES string of the molecule is CN1CCN(C(=O)c2ccc(C3CCN(C4CCCC4)CC3N)cc2)CC1. The zero-order chi connectivity index (χ0) is 18.8. The van der Waals surface area contributed by atoms with Crippen molar-refractivity contribution in [1.82, 2.24) is 14.7 Å². The molecule has 1 aromatic rings. The predicted octanol–water partition coefficient (Wildman–Crippen LogP) is 2.13. The van der Waals surface area contributed by atoms with Gasteiger partial charge in [-0.3, -0.25) is 9.69 Å². The van der Waals surface area contributed by atoms with E-state index in [1.807, 2.05) is 17.0 Å². The first-order valence-corrected chi connectivity index (χ1v) is 10.7. The number of piperazine rings is 1. The Morgan fingerprint density at radius 3 is 2.26 bits per heavy atom. The first kappa shape index (κ1) is 18.9. The first-order valence-electron chi connectivity index (χ1n) is 10.7. The molecule has 2 unspecified atom stereocenters. The standard InChI is InChI=1S/C22H34N4O/c1-24-12-14-25(15-13-24)22(27)18-8-6-17(7-9-18)20-10-11-26(16-21(20)23)19-4-2-3-5-19/h6-9,19-21H,2-5,10-16,23H2,1H3. The van der Waals surface area contributed by atoms with E-state index in [4.69, 9.17) is 5.73 Å². The zero-order valence-corrected chi connectivity index (χ0v) is 16.6. The van der Waals surface area contributed by atoms with Crippen molar-refractivity contribution >= 4 is 5.91 Å². The second-order valence-electron chi connectivity index (χ2n) is 8.71. The van der Waals surface area contributed by atoms with Crippen molar-refractivity contribution < 1.29 is 4.79 Å². The molecule has 0 radical (unpaired) electrons. The lowest BCUT2D eigenvalue weighted by Gasteiger charge is -2.40. The number of rotatable bonds is 3. The molecule has 4 rings (SSSR count). The number of nitrogens with zero attached hydrogens (tertiary/aromatic N) is 3. The summed E-state index contributed by atoms with van der Waals surface area (Å²) in [5.74, 6) is 0.574. The molecule has 2 atom stereocenters. The molecule has 2 heterocycles. The molecule has 3 aliphatic rings. The third-order valence-corrected chi connectivity index (χ3v) is 6.91. The van der Waals surface area contributed by atoms with Gasteiger partial charge in [0, 0.05) is 56.3 Å². The average molecular weight is 371 g/mol. The molecule has 0 aromatic heterocycles. The van der Waals surface area contributed by atoms with Gasteiger partial charge in [-0.2, -0.15) is 0 Å². The Labute approximate surface area is 163 Å². The molecule has 0 bridgehead atoms. The number of carbonyl (C=O) groups is 1. The molecule has 1 amide bonds. The monoisotopic (exact) mass is 370 g/mol. The highest BCUT2D eigenvalue weighted by atomic mass is 16.2. The highest BCUT2D eigenvalue weighted by molar-refractivity contribution is 5.94. The Balaban J connectivity index is 1.36. The highest BCUT2D eigenvalue weighted by Crippen LogP contribution is 2.32. The lowest BCUT2D eigenvalue weighted by atomic mass is 9.85. The number of hydrogen-bond donors (Lipinski definition) is 1. The van der Waals surface area contributed by atoms with E-state index in [9.17, 15) is 4.79 Å². The number of piperidine rings is 1. The van der Waals surface area contributed by atoms with Crippen LogP contribution in [0.4, 0.5) is 0 Å². The van der Waals surface area contributed by atoms with Crippen molar-refractivity contribution in [2.45, 2.75) is 50.1 Å². The molecule has 1 aliphatic carbocycles. The Morgan fingerprint density at radius 2 is 1.63 bits per heavy atom. The Kier molecular flexibility index (Phi) is 5.81. The molecular weight excluding hydrogens is 336 g/mol. The van der Waals surface area contributed by atoms with Crippen LogP contribution < -0.4 is 5.73 Å². The maximum absolute atomic E-state index is 12.7. The van der Waals surface area contributed by atoms with Gasteiger partial charge >= 0.3 is 0 Å². The van der Waals surface area contributed by atoms with Gasteiger partial charge in [-0.1, -0.05) is 25.0 Å². The second kappa shape index (κ2) is 8.29. The quantitative estimate of drug-likeness (QED) is 0.886. The molecule has 148 valence electrons. The van der Waals surface area contributed by atoms with E-state index in [0.29, 0.717) is 5.92 Å². The Hall–Kier alpha value is -1.43. The lowest BCUT2D eigenvalue weighted by Crippen LogP contribution is -2.50. The molecule has 27 heavy (non-hydrogen) atoms. The first-order chi connectivity index (χ1) is 13.1. The van der Waals surface area contributed by atoms with Crippen LogP contribution in [0.2, 0.25) is 0 Å². The van der Waals surface area contributed by atoms with E-state index in [0.717, 1.165) is 57.3 Å². The van der Waals surface area contributed by atoms with Gasteiger partial charge in [0.15, 0.2) is 0 Å². The van der Waals surface area contributed by atoms with Crippen molar-refractivity contribution in [1.29, 1.82) is 0 Å². The maximum Gasteiger partial charge on any atom is 0.253 e. The minimum absolute atomic E-state index is 0.162. The summed E-state index contributed by atoms with van der Waals surface area (Å²) >= 11 is 0. The zero-order valence-electron chi connectivity index (χ0n) is 16.6. The van der Waals surface area contributed by atoms with Gasteiger partial charge in [0.2, 0.25) is 0 Å². The van der Waals surface area contributed by atoms with Crippen LogP contribution in [-0.2, 0) is 0 Å². The van der Waals surface area contributed by atoms with Gasteiger partial charge in [0.1, 0.15) is 0 Å². The fourth-order valence-electron chi connectivity index (χ4n) is 5.09. The van der Waals surface area contributed by atoms with Crippen LogP contribution in [0, 0.1) is 0 Å². The van der Waals surface area contributed by atoms with Gasteiger partial charge in [-0.05, 0) is 50.6 Å². The summed E-state index contributed by atoms with van der Waals surface area (Å²) in [6.07, 6.45) is 6.58. The second-order valence-corrected chi connectivity index (χ2v) is 8.71.